The summed E-state index contributed by atoms with van der Waals surface area (Å²) in [5, 5.41) is 7.27. The molecule has 1 atom stereocenters. The van der Waals surface area contributed by atoms with Gasteiger partial charge in [0.15, 0.2) is 0 Å². The van der Waals surface area contributed by atoms with Crippen LogP contribution in [0.2, 0.25) is 10.6 Å². The highest BCUT2D eigenvalue weighted by Crippen LogP contribution is 2.37. The molecule has 0 spiro atoms. The predicted octanol–water partition coefficient (Wildman–Crippen LogP) is 4.64. The van der Waals surface area contributed by atoms with E-state index in [0.717, 1.165) is 32.5 Å². The first kappa shape index (κ1) is 23.6. The van der Waals surface area contributed by atoms with E-state index in [-0.39, 0.29) is 21.6 Å². The maximum Gasteiger partial charge on any atom is 0.228 e. The number of aromatic nitrogens is 3. The second kappa shape index (κ2) is 9.88. The molecule has 0 radical (unpaired) electrons. The third-order valence-electron chi connectivity index (χ3n) is 5.59. The molecule has 0 aliphatic carbocycles. The fraction of sp³-hybridized carbons (Fsp3) is 0.850. The lowest BCUT2D eigenvalue weighted by Crippen LogP contribution is -2.60. The summed E-state index contributed by atoms with van der Waals surface area (Å²) in [6.07, 6.45) is 4.57. The largest absolute Gasteiger partial charge is 0.354 e. The van der Waals surface area contributed by atoms with Crippen molar-refractivity contribution in [3.05, 3.63) is 10.6 Å². The van der Waals surface area contributed by atoms with Crippen molar-refractivity contribution < 1.29 is 0 Å². The van der Waals surface area contributed by atoms with Crippen LogP contribution < -0.4 is 10.6 Å². The van der Waals surface area contributed by atoms with Gasteiger partial charge in [-0.05, 0) is 95.6 Å². The molecule has 6 nitrogen and oxygen atoms in total. The molecular weight excluding hydrogens is 395 g/mol. The number of anilines is 1. The molecule has 1 unspecified atom stereocenters. The van der Waals surface area contributed by atoms with Crippen molar-refractivity contribution in [1.82, 2.24) is 25.2 Å². The minimum atomic E-state index is 0.114. The van der Waals surface area contributed by atoms with Crippen LogP contribution in [-0.2, 0) is 0 Å². The number of rotatable bonds is 9. The van der Waals surface area contributed by atoms with E-state index in [0.29, 0.717) is 17.9 Å². The average molecular weight is 431 g/mol. The number of halogens is 2. The van der Waals surface area contributed by atoms with E-state index in [1.54, 1.807) is 0 Å². The Morgan fingerprint density at radius 1 is 1.04 bits per heavy atom. The quantitative estimate of drug-likeness (QED) is 0.556. The zero-order chi connectivity index (χ0) is 20.9. The van der Waals surface area contributed by atoms with Crippen LogP contribution in [-0.4, -0.2) is 56.6 Å². The Bertz CT molecular complexity index is 597. The minimum Gasteiger partial charge on any atom is -0.354 e. The lowest BCUT2D eigenvalue weighted by Gasteiger charge is -2.50. The van der Waals surface area contributed by atoms with Gasteiger partial charge >= 0.3 is 0 Å². The third kappa shape index (κ3) is 6.97. The van der Waals surface area contributed by atoms with Crippen LogP contribution in [0.15, 0.2) is 0 Å². The standard InChI is InChI=1S/C20H36Cl2N6/c1-7-28(8-2)15(14-12-19(3,4)27-20(5,6)13-14)10-9-11-23-18-25-16(21)24-17(22)26-18/h14-15,27H,7-13H2,1-6H3,(H,23,24,25,26). The number of nitrogens with one attached hydrogen (secondary N) is 2. The third-order valence-corrected chi connectivity index (χ3v) is 5.93. The number of nitrogens with zero attached hydrogens (tertiary/aromatic N) is 4. The highest BCUT2D eigenvalue weighted by molar-refractivity contribution is 6.31. The molecule has 2 heterocycles. The number of hydrogen-bond acceptors (Lipinski definition) is 6. The van der Waals surface area contributed by atoms with Crippen molar-refractivity contribution in [2.75, 3.05) is 25.0 Å². The van der Waals surface area contributed by atoms with E-state index in [9.17, 15) is 0 Å². The van der Waals surface area contributed by atoms with Gasteiger partial charge in [0.2, 0.25) is 16.5 Å². The van der Waals surface area contributed by atoms with Gasteiger partial charge in [0.1, 0.15) is 0 Å². The first-order valence-electron chi connectivity index (χ1n) is 10.4. The molecule has 160 valence electrons. The van der Waals surface area contributed by atoms with E-state index >= 15 is 0 Å². The highest BCUT2D eigenvalue weighted by Gasteiger charge is 2.41. The molecule has 28 heavy (non-hydrogen) atoms. The van der Waals surface area contributed by atoms with Gasteiger partial charge in [0.25, 0.3) is 0 Å². The Labute approximate surface area is 180 Å². The van der Waals surface area contributed by atoms with Crippen molar-refractivity contribution in [1.29, 1.82) is 0 Å². The van der Waals surface area contributed by atoms with Crippen LogP contribution in [0.5, 0.6) is 0 Å². The van der Waals surface area contributed by atoms with E-state index in [1.165, 1.54) is 12.8 Å². The van der Waals surface area contributed by atoms with Gasteiger partial charge in [0, 0.05) is 23.7 Å². The van der Waals surface area contributed by atoms with Crippen molar-refractivity contribution in [3.63, 3.8) is 0 Å². The fourth-order valence-electron chi connectivity index (χ4n) is 5.00. The van der Waals surface area contributed by atoms with Gasteiger partial charge in [-0.25, -0.2) is 0 Å². The SMILES string of the molecule is CCN(CC)C(CCCNc1nc(Cl)nc(Cl)n1)C1CC(C)(C)NC(C)(C)C1. The Hall–Kier alpha value is -0.690. The molecule has 1 aliphatic rings. The fourth-order valence-corrected chi connectivity index (χ4v) is 5.36. The van der Waals surface area contributed by atoms with Crippen LogP contribution >= 0.6 is 23.2 Å². The molecule has 2 N–H and O–H groups in total. The molecule has 0 bridgehead atoms. The van der Waals surface area contributed by atoms with E-state index in [1.807, 2.05) is 0 Å². The van der Waals surface area contributed by atoms with Crippen molar-refractivity contribution in [2.24, 2.45) is 5.92 Å². The molecule has 1 fully saturated rings. The summed E-state index contributed by atoms with van der Waals surface area (Å²) in [5.74, 6) is 1.11. The Kier molecular flexibility index (Phi) is 8.32. The Morgan fingerprint density at radius 3 is 2.07 bits per heavy atom. The maximum atomic E-state index is 5.85. The van der Waals surface area contributed by atoms with Crippen molar-refractivity contribution in [3.8, 4) is 0 Å². The summed E-state index contributed by atoms with van der Waals surface area (Å²) in [5.41, 5.74) is 0.322. The normalized spacial score (nSPS) is 20.3. The van der Waals surface area contributed by atoms with E-state index in [2.05, 4.69) is 72.0 Å². The first-order chi connectivity index (χ1) is 13.0. The van der Waals surface area contributed by atoms with Crippen LogP contribution in [0.25, 0.3) is 0 Å². The Balaban J connectivity index is 2.01. The first-order valence-corrected chi connectivity index (χ1v) is 11.1. The summed E-state index contributed by atoms with van der Waals surface area (Å²) >= 11 is 11.7. The van der Waals surface area contributed by atoms with Gasteiger partial charge in [-0.2, -0.15) is 15.0 Å². The molecule has 8 heteroatoms. The van der Waals surface area contributed by atoms with Gasteiger partial charge in [-0.1, -0.05) is 13.8 Å². The van der Waals surface area contributed by atoms with Gasteiger partial charge in [0.05, 0.1) is 0 Å². The summed E-state index contributed by atoms with van der Waals surface area (Å²) in [6, 6.07) is 0.572. The van der Waals surface area contributed by atoms with Crippen LogP contribution in [0, 0.1) is 5.92 Å². The lowest BCUT2D eigenvalue weighted by molar-refractivity contribution is 0.0513. The van der Waals surface area contributed by atoms with Gasteiger partial charge < -0.3 is 15.5 Å². The predicted molar refractivity (Wildman–Crippen MR) is 118 cm³/mol. The van der Waals surface area contributed by atoms with Crippen LogP contribution in [0.3, 0.4) is 0 Å². The van der Waals surface area contributed by atoms with Gasteiger partial charge in [-0.3, -0.25) is 0 Å². The number of piperidine rings is 1. The Morgan fingerprint density at radius 2 is 1.57 bits per heavy atom. The zero-order valence-corrected chi connectivity index (χ0v) is 19.7. The molecule has 1 aromatic heterocycles. The van der Waals surface area contributed by atoms with Crippen LogP contribution in [0.1, 0.15) is 67.2 Å². The van der Waals surface area contributed by atoms with E-state index in [4.69, 9.17) is 23.2 Å². The zero-order valence-electron chi connectivity index (χ0n) is 18.1. The molecular formula is C20H36Cl2N6. The number of hydrogen-bond donors (Lipinski definition) is 2. The molecule has 1 aliphatic heterocycles. The molecule has 1 aromatic rings. The highest BCUT2D eigenvalue weighted by atomic mass is 35.5. The van der Waals surface area contributed by atoms with Crippen LogP contribution in [0.4, 0.5) is 5.95 Å². The summed E-state index contributed by atoms with van der Waals surface area (Å²) in [7, 11) is 0. The summed E-state index contributed by atoms with van der Waals surface area (Å²) in [6.45, 7) is 16.8. The second-order valence-electron chi connectivity index (χ2n) is 9.12. The topological polar surface area (TPSA) is 66.0 Å². The average Bonchev–Trinajstić information content (AvgIpc) is 2.54. The molecule has 0 aromatic carbocycles. The van der Waals surface area contributed by atoms with Gasteiger partial charge in [-0.15, -0.1) is 0 Å². The minimum absolute atomic E-state index is 0.114. The second-order valence-corrected chi connectivity index (χ2v) is 9.79. The summed E-state index contributed by atoms with van der Waals surface area (Å²) < 4.78 is 0. The monoisotopic (exact) mass is 430 g/mol. The molecule has 2 rings (SSSR count). The van der Waals surface area contributed by atoms with Crippen molar-refractivity contribution >= 4 is 29.2 Å². The lowest BCUT2D eigenvalue weighted by atomic mass is 9.71. The smallest absolute Gasteiger partial charge is 0.228 e. The molecule has 1 saturated heterocycles. The molecule has 0 amide bonds. The maximum absolute atomic E-state index is 5.85. The summed E-state index contributed by atoms with van der Waals surface area (Å²) in [4.78, 5) is 14.6. The van der Waals surface area contributed by atoms with Crippen molar-refractivity contribution in [2.45, 2.75) is 84.3 Å². The van der Waals surface area contributed by atoms with E-state index < -0.39 is 0 Å². The molecule has 0 saturated carbocycles.